The van der Waals surface area contributed by atoms with Crippen molar-refractivity contribution in [3.63, 3.8) is 0 Å². The topological polar surface area (TPSA) is 87.9 Å². The number of nitrogens with one attached hydrogen (secondary N) is 1. The minimum atomic E-state index is -0.466. The smallest absolute Gasteiger partial charge is 0.250 e. The molecule has 35 heavy (non-hydrogen) atoms. The molecule has 0 saturated carbocycles. The van der Waals surface area contributed by atoms with Gasteiger partial charge >= 0.3 is 0 Å². The zero-order chi connectivity index (χ0) is 24.8. The third-order valence-corrected chi connectivity index (χ3v) is 6.48. The first-order valence-electron chi connectivity index (χ1n) is 12.0. The number of nitriles is 1. The second-order valence-electron chi connectivity index (χ2n) is 8.66. The van der Waals surface area contributed by atoms with Crippen LogP contribution in [0, 0.1) is 23.2 Å². The molecule has 0 radical (unpaired) electrons. The van der Waals surface area contributed by atoms with Crippen LogP contribution >= 0.6 is 0 Å². The molecule has 8 heteroatoms. The SMILES string of the molecule is CC#CCN1C(N(C)CCNCC)=C(C#N)C2CC1C(=O)N(Cc1nccc3ccccc13)C=N2. The summed E-state index contributed by atoms with van der Waals surface area (Å²) in [5.74, 6) is 6.74. The zero-order valence-electron chi connectivity index (χ0n) is 20.5. The van der Waals surface area contributed by atoms with Crippen LogP contribution in [0.3, 0.4) is 0 Å². The summed E-state index contributed by atoms with van der Waals surface area (Å²) in [5.41, 5.74) is 1.39. The molecule has 2 aromatic rings. The monoisotopic (exact) mass is 469 g/mol. The molecular formula is C27H31N7O. The minimum absolute atomic E-state index is 0.0570. The zero-order valence-corrected chi connectivity index (χ0v) is 20.5. The molecule has 0 aliphatic carbocycles. The Morgan fingerprint density at radius 3 is 2.89 bits per heavy atom. The minimum Gasteiger partial charge on any atom is -0.359 e. The Balaban J connectivity index is 1.69. The molecular weight excluding hydrogens is 438 g/mol. The fraction of sp³-hybridized carbons (Fsp3) is 0.407. The average Bonchev–Trinajstić information content (AvgIpc) is 3.01. The van der Waals surface area contributed by atoms with Gasteiger partial charge in [-0.05, 0) is 24.9 Å². The van der Waals surface area contributed by atoms with E-state index < -0.39 is 6.04 Å². The summed E-state index contributed by atoms with van der Waals surface area (Å²) < 4.78 is 0. The van der Waals surface area contributed by atoms with E-state index in [2.05, 4.69) is 35.1 Å². The second kappa shape index (κ2) is 11.0. The van der Waals surface area contributed by atoms with E-state index >= 15 is 0 Å². The van der Waals surface area contributed by atoms with Crippen molar-refractivity contribution in [2.45, 2.75) is 38.9 Å². The summed E-state index contributed by atoms with van der Waals surface area (Å²) in [6.45, 7) is 6.87. The number of carbonyl (C=O) groups excluding carboxylic acids is 1. The molecule has 0 spiro atoms. The molecule has 4 rings (SSSR count). The van der Waals surface area contributed by atoms with Crippen molar-refractivity contribution in [1.29, 1.82) is 5.26 Å². The lowest BCUT2D eigenvalue weighted by Crippen LogP contribution is -2.53. The molecule has 180 valence electrons. The number of rotatable bonds is 8. The largest absolute Gasteiger partial charge is 0.359 e. The molecule has 1 N–H and O–H groups in total. The van der Waals surface area contributed by atoms with Gasteiger partial charge in [0, 0.05) is 38.1 Å². The Morgan fingerprint density at radius 1 is 1.29 bits per heavy atom. The maximum atomic E-state index is 13.9. The molecule has 8 nitrogen and oxygen atoms in total. The number of nitrogens with zero attached hydrogens (tertiary/aromatic N) is 6. The molecule has 1 amide bonds. The van der Waals surface area contributed by atoms with E-state index in [4.69, 9.17) is 4.99 Å². The molecule has 2 atom stereocenters. The number of carbonyl (C=O) groups is 1. The average molecular weight is 470 g/mol. The van der Waals surface area contributed by atoms with Crippen LogP contribution in [0.15, 0.2) is 52.9 Å². The fourth-order valence-electron chi connectivity index (χ4n) is 4.70. The van der Waals surface area contributed by atoms with Crippen molar-refractivity contribution in [3.8, 4) is 17.9 Å². The van der Waals surface area contributed by atoms with Crippen LogP contribution in [0.2, 0.25) is 0 Å². The van der Waals surface area contributed by atoms with Gasteiger partial charge in [0.1, 0.15) is 17.9 Å². The first-order valence-corrected chi connectivity index (χ1v) is 12.0. The normalized spacial score (nSPS) is 19.3. The van der Waals surface area contributed by atoms with Crippen LogP contribution in [-0.4, -0.2) is 77.2 Å². The van der Waals surface area contributed by atoms with Gasteiger partial charge < -0.3 is 15.1 Å². The van der Waals surface area contributed by atoms with Crippen molar-refractivity contribution < 1.29 is 4.79 Å². The van der Waals surface area contributed by atoms with E-state index in [1.54, 1.807) is 24.4 Å². The predicted molar refractivity (Wildman–Crippen MR) is 137 cm³/mol. The summed E-state index contributed by atoms with van der Waals surface area (Å²) in [6, 6.07) is 11.5. The number of benzene rings is 1. The maximum Gasteiger partial charge on any atom is 0.250 e. The number of likely N-dealkylation sites (N-methyl/N-ethyl adjacent to an activating group) is 2. The van der Waals surface area contributed by atoms with Crippen LogP contribution in [-0.2, 0) is 11.3 Å². The highest BCUT2D eigenvalue weighted by Gasteiger charge is 2.43. The van der Waals surface area contributed by atoms with Crippen LogP contribution < -0.4 is 5.32 Å². The summed E-state index contributed by atoms with van der Waals surface area (Å²) in [7, 11) is 1.96. The fourth-order valence-corrected chi connectivity index (χ4v) is 4.70. The van der Waals surface area contributed by atoms with Gasteiger partial charge in [-0.3, -0.25) is 19.7 Å². The lowest BCUT2D eigenvalue weighted by atomic mass is 9.93. The van der Waals surface area contributed by atoms with Crippen molar-refractivity contribution in [3.05, 3.63) is 53.6 Å². The van der Waals surface area contributed by atoms with Gasteiger partial charge in [-0.15, -0.1) is 5.92 Å². The number of hydrogen-bond acceptors (Lipinski definition) is 7. The van der Waals surface area contributed by atoms with E-state index in [0.717, 1.165) is 35.4 Å². The molecule has 2 bridgehead atoms. The predicted octanol–water partition coefficient (Wildman–Crippen LogP) is 2.35. The number of hydrogen-bond donors (Lipinski definition) is 1. The molecule has 2 unspecified atom stereocenters. The van der Waals surface area contributed by atoms with Gasteiger partial charge in [-0.1, -0.05) is 37.1 Å². The molecule has 2 aliphatic rings. The van der Waals surface area contributed by atoms with E-state index in [0.29, 0.717) is 31.6 Å². The lowest BCUT2D eigenvalue weighted by Gasteiger charge is -2.42. The highest BCUT2D eigenvalue weighted by Crippen LogP contribution is 2.33. The van der Waals surface area contributed by atoms with Gasteiger partial charge in [-0.2, -0.15) is 5.26 Å². The van der Waals surface area contributed by atoms with Crippen molar-refractivity contribution in [2.24, 2.45) is 4.99 Å². The number of pyridine rings is 1. The Hall–Kier alpha value is -3.88. The van der Waals surface area contributed by atoms with Crippen molar-refractivity contribution >= 4 is 23.0 Å². The van der Waals surface area contributed by atoms with Crippen LogP contribution in [0.5, 0.6) is 0 Å². The lowest BCUT2D eigenvalue weighted by molar-refractivity contribution is -0.133. The summed E-state index contributed by atoms with van der Waals surface area (Å²) in [4.78, 5) is 28.8. The number of amides is 1. The first-order chi connectivity index (χ1) is 17.1. The molecule has 0 fully saturated rings. The maximum absolute atomic E-state index is 13.9. The highest BCUT2D eigenvalue weighted by atomic mass is 16.2. The quantitative estimate of drug-likeness (QED) is 0.472. The van der Waals surface area contributed by atoms with Gasteiger partial charge in [0.05, 0.1) is 36.7 Å². The molecule has 0 saturated heterocycles. The number of aromatic nitrogens is 1. The third kappa shape index (κ3) is 4.99. The molecule has 1 aromatic carbocycles. The molecule has 3 heterocycles. The Kier molecular flexibility index (Phi) is 7.64. The van der Waals surface area contributed by atoms with Gasteiger partial charge in [0.15, 0.2) is 0 Å². The summed E-state index contributed by atoms with van der Waals surface area (Å²) >= 11 is 0. The van der Waals surface area contributed by atoms with Gasteiger partial charge in [0.25, 0.3) is 5.91 Å². The summed E-state index contributed by atoms with van der Waals surface area (Å²) in [5, 5.41) is 15.5. The van der Waals surface area contributed by atoms with Crippen LogP contribution in [0.4, 0.5) is 0 Å². The van der Waals surface area contributed by atoms with Gasteiger partial charge in [-0.25, -0.2) is 0 Å². The van der Waals surface area contributed by atoms with Crippen LogP contribution in [0.1, 0.15) is 26.0 Å². The molecule has 2 aliphatic heterocycles. The second-order valence-corrected chi connectivity index (χ2v) is 8.66. The Morgan fingerprint density at radius 2 is 2.11 bits per heavy atom. The Bertz CT molecular complexity index is 1240. The van der Waals surface area contributed by atoms with E-state index in [1.165, 1.54) is 0 Å². The molecule has 1 aromatic heterocycles. The Labute approximate surface area is 206 Å². The number of aliphatic imine (C=N–C) groups is 1. The first kappa shape index (κ1) is 24.3. The van der Waals surface area contributed by atoms with E-state index in [9.17, 15) is 10.1 Å². The van der Waals surface area contributed by atoms with Crippen LogP contribution in [0.25, 0.3) is 10.8 Å². The van der Waals surface area contributed by atoms with E-state index in [1.807, 2.05) is 47.2 Å². The van der Waals surface area contributed by atoms with E-state index in [-0.39, 0.29) is 11.9 Å². The third-order valence-electron chi connectivity index (χ3n) is 6.48. The van der Waals surface area contributed by atoms with Gasteiger partial charge in [0.2, 0.25) is 0 Å². The van der Waals surface area contributed by atoms with Crippen molar-refractivity contribution in [2.75, 3.05) is 33.2 Å². The standard InChI is InChI=1S/C27H31N7O/c1-4-6-14-34-25-16-23(22(17-28)26(34)32(3)15-13-29-5-2)31-19-33(27(25)35)18-24-21-10-8-7-9-20(21)11-12-30-24/h7-12,19,23,25,29H,5,13-16,18H2,1-3H3. The van der Waals surface area contributed by atoms with Crippen molar-refractivity contribution in [1.82, 2.24) is 25.0 Å². The number of fused-ring (bicyclic) bond motifs is 3. The summed E-state index contributed by atoms with van der Waals surface area (Å²) in [6.07, 6.45) is 3.82. The highest BCUT2D eigenvalue weighted by molar-refractivity contribution is 5.94.